The van der Waals surface area contributed by atoms with E-state index in [4.69, 9.17) is 14.1 Å². The fourth-order valence-electron chi connectivity index (χ4n) is 3.11. The van der Waals surface area contributed by atoms with E-state index in [1.165, 1.54) is 5.56 Å². The predicted molar refractivity (Wildman–Crippen MR) is 107 cm³/mol. The van der Waals surface area contributed by atoms with Crippen LogP contribution >= 0.6 is 0 Å². The second kappa shape index (κ2) is 10.1. The lowest BCUT2D eigenvalue weighted by Gasteiger charge is -2.10. The lowest BCUT2D eigenvalue weighted by atomic mass is 10.1. The molecule has 7 heteroatoms. The van der Waals surface area contributed by atoms with Gasteiger partial charge in [-0.15, -0.1) is 5.10 Å². The Morgan fingerprint density at radius 2 is 1.86 bits per heavy atom. The van der Waals surface area contributed by atoms with Crippen molar-refractivity contribution in [2.24, 2.45) is 0 Å². The lowest BCUT2D eigenvalue weighted by molar-refractivity contribution is 0.0622. The molecule has 1 N–H and O–H groups in total. The Labute approximate surface area is 165 Å². The fraction of sp³-hybridized carbons (Fsp3) is 0.524. The number of H-pyrrole nitrogens is 1. The summed E-state index contributed by atoms with van der Waals surface area (Å²) < 4.78 is 11.7. The van der Waals surface area contributed by atoms with Crippen LogP contribution in [0.2, 0.25) is 0 Å². The van der Waals surface area contributed by atoms with E-state index in [1.807, 2.05) is 13.8 Å². The van der Waals surface area contributed by atoms with E-state index in [0.29, 0.717) is 6.42 Å². The zero-order valence-electron chi connectivity index (χ0n) is 16.9. The van der Waals surface area contributed by atoms with Gasteiger partial charge in [-0.3, -0.25) is 0 Å². The summed E-state index contributed by atoms with van der Waals surface area (Å²) in [6.07, 6.45) is 6.27. The molecule has 0 saturated heterocycles. The number of hydrogen-bond acceptors (Lipinski definition) is 6. The van der Waals surface area contributed by atoms with Crippen molar-refractivity contribution in [3.05, 3.63) is 47.1 Å². The van der Waals surface area contributed by atoms with Crippen LogP contribution in [0.5, 0.6) is 0 Å². The van der Waals surface area contributed by atoms with Crippen LogP contribution in [0, 0.1) is 13.8 Å². The largest absolute Gasteiger partial charge is 0.441 e. The minimum Gasteiger partial charge on any atom is -0.441 e. The number of aromatic nitrogens is 5. The van der Waals surface area contributed by atoms with Crippen LogP contribution in [-0.2, 0) is 17.6 Å². The normalized spacial score (nSPS) is 12.4. The Kier molecular flexibility index (Phi) is 7.31. The summed E-state index contributed by atoms with van der Waals surface area (Å²) in [5, 5.41) is 13.8. The topological polar surface area (TPSA) is 89.7 Å². The van der Waals surface area contributed by atoms with E-state index >= 15 is 0 Å². The molecular weight excluding hydrogens is 354 g/mol. The van der Waals surface area contributed by atoms with Gasteiger partial charge in [0.15, 0.2) is 5.82 Å². The van der Waals surface area contributed by atoms with Crippen LogP contribution in [0.15, 0.2) is 28.7 Å². The van der Waals surface area contributed by atoms with Gasteiger partial charge < -0.3 is 9.15 Å². The molecule has 0 fully saturated rings. The van der Waals surface area contributed by atoms with Crippen LogP contribution in [0.4, 0.5) is 0 Å². The second-order valence-electron chi connectivity index (χ2n) is 7.29. The molecule has 1 aromatic carbocycles. The zero-order chi connectivity index (χ0) is 19.8. The number of ether oxygens (including phenoxy) is 1. The third-order valence-electron chi connectivity index (χ3n) is 4.77. The molecule has 7 nitrogen and oxygen atoms in total. The number of nitrogens with one attached hydrogen (secondary N) is 1. The quantitative estimate of drug-likeness (QED) is 0.499. The first kappa shape index (κ1) is 20.2. The predicted octanol–water partition coefficient (Wildman–Crippen LogP) is 4.22. The highest BCUT2D eigenvalue weighted by atomic mass is 16.5. The minimum atomic E-state index is 0.118. The van der Waals surface area contributed by atoms with Crippen LogP contribution in [0.1, 0.15) is 55.4 Å². The van der Waals surface area contributed by atoms with Gasteiger partial charge in [0.1, 0.15) is 5.76 Å². The van der Waals surface area contributed by atoms with Gasteiger partial charge >= 0.3 is 0 Å². The monoisotopic (exact) mass is 383 g/mol. The van der Waals surface area contributed by atoms with Crippen molar-refractivity contribution in [2.75, 3.05) is 6.61 Å². The molecule has 0 saturated carbocycles. The molecule has 150 valence electrons. The van der Waals surface area contributed by atoms with Crippen molar-refractivity contribution in [2.45, 2.75) is 65.4 Å². The van der Waals surface area contributed by atoms with E-state index in [-0.39, 0.29) is 6.10 Å². The van der Waals surface area contributed by atoms with Crippen LogP contribution in [0.25, 0.3) is 11.5 Å². The average Bonchev–Trinajstić information content (AvgIpc) is 3.31. The molecule has 2 heterocycles. The van der Waals surface area contributed by atoms with Crippen molar-refractivity contribution < 1.29 is 9.15 Å². The molecule has 0 aliphatic rings. The number of oxazole rings is 1. The number of aryl methyl sites for hydroxylation is 3. The number of nitrogens with zero attached hydrogens (tertiary/aromatic N) is 4. The van der Waals surface area contributed by atoms with E-state index in [9.17, 15) is 0 Å². The molecule has 28 heavy (non-hydrogen) atoms. The molecule has 0 spiro atoms. The van der Waals surface area contributed by atoms with E-state index < -0.39 is 0 Å². The fourth-order valence-corrected chi connectivity index (χ4v) is 3.11. The summed E-state index contributed by atoms with van der Waals surface area (Å²) in [7, 11) is 0. The standard InChI is InChI=1S/C21H29N5O2/c1-15-9-11-18(12-10-15)21-22-19(17(3)28-21)8-6-4-5-7-13-27-16(2)14-20-23-25-26-24-20/h9-12,16H,4-8,13-14H2,1-3H3,(H,23,24,25,26). The summed E-state index contributed by atoms with van der Waals surface area (Å²) in [6, 6.07) is 8.29. The Balaban J connectivity index is 1.31. The Hall–Kier alpha value is -2.54. The molecule has 1 unspecified atom stereocenters. The molecule has 0 bridgehead atoms. The first-order valence-corrected chi connectivity index (χ1v) is 9.99. The highest BCUT2D eigenvalue weighted by molar-refractivity contribution is 5.54. The second-order valence-corrected chi connectivity index (χ2v) is 7.29. The molecule has 0 aliphatic heterocycles. The van der Waals surface area contributed by atoms with Crippen molar-refractivity contribution >= 4 is 0 Å². The first-order valence-electron chi connectivity index (χ1n) is 9.99. The van der Waals surface area contributed by atoms with Crippen molar-refractivity contribution in [3.63, 3.8) is 0 Å². The Morgan fingerprint density at radius 1 is 1.07 bits per heavy atom. The van der Waals surface area contributed by atoms with Crippen molar-refractivity contribution in [1.29, 1.82) is 0 Å². The Bertz CT molecular complexity index is 827. The third kappa shape index (κ3) is 5.99. The van der Waals surface area contributed by atoms with Crippen LogP contribution < -0.4 is 0 Å². The maximum Gasteiger partial charge on any atom is 0.226 e. The van der Waals surface area contributed by atoms with E-state index in [2.05, 4.69) is 51.8 Å². The van der Waals surface area contributed by atoms with E-state index in [1.54, 1.807) is 0 Å². The van der Waals surface area contributed by atoms with Gasteiger partial charge in [0, 0.05) is 18.6 Å². The number of rotatable bonds is 11. The number of hydrogen-bond donors (Lipinski definition) is 1. The summed E-state index contributed by atoms with van der Waals surface area (Å²) in [4.78, 5) is 4.69. The highest BCUT2D eigenvalue weighted by Crippen LogP contribution is 2.23. The number of benzene rings is 1. The number of unbranched alkanes of at least 4 members (excludes halogenated alkanes) is 3. The molecule has 1 atom stereocenters. The van der Waals surface area contributed by atoms with Gasteiger partial charge in [-0.25, -0.2) is 10.1 Å². The van der Waals surface area contributed by atoms with Gasteiger partial charge in [0.25, 0.3) is 0 Å². The van der Waals surface area contributed by atoms with Gasteiger partial charge in [0.2, 0.25) is 5.89 Å². The van der Waals surface area contributed by atoms with E-state index in [0.717, 1.165) is 67.4 Å². The SMILES string of the molecule is Cc1ccc(-c2nc(CCCCCCOC(C)Cc3nnn[nH]3)c(C)o2)cc1. The number of tetrazole rings is 1. The number of aromatic amines is 1. The maximum atomic E-state index is 5.86. The molecule has 3 rings (SSSR count). The molecule has 0 amide bonds. The average molecular weight is 383 g/mol. The van der Waals surface area contributed by atoms with Crippen molar-refractivity contribution in [1.82, 2.24) is 25.6 Å². The highest BCUT2D eigenvalue weighted by Gasteiger charge is 2.11. The smallest absolute Gasteiger partial charge is 0.226 e. The summed E-state index contributed by atoms with van der Waals surface area (Å²) >= 11 is 0. The minimum absolute atomic E-state index is 0.118. The van der Waals surface area contributed by atoms with Gasteiger partial charge in [-0.1, -0.05) is 30.5 Å². The zero-order valence-corrected chi connectivity index (χ0v) is 16.9. The lowest BCUT2D eigenvalue weighted by Crippen LogP contribution is -2.13. The van der Waals surface area contributed by atoms with Gasteiger partial charge in [-0.05, 0) is 62.6 Å². The van der Waals surface area contributed by atoms with Gasteiger partial charge in [-0.2, -0.15) is 0 Å². The van der Waals surface area contributed by atoms with Crippen LogP contribution in [0.3, 0.4) is 0 Å². The summed E-state index contributed by atoms with van der Waals surface area (Å²) in [5.41, 5.74) is 3.34. The molecule has 0 radical (unpaired) electrons. The summed E-state index contributed by atoms with van der Waals surface area (Å²) in [5.74, 6) is 2.41. The van der Waals surface area contributed by atoms with Gasteiger partial charge in [0.05, 0.1) is 11.8 Å². The molecular formula is C21H29N5O2. The molecule has 0 aliphatic carbocycles. The Morgan fingerprint density at radius 3 is 2.61 bits per heavy atom. The van der Waals surface area contributed by atoms with Crippen LogP contribution in [-0.4, -0.2) is 38.3 Å². The molecule has 2 aromatic heterocycles. The first-order chi connectivity index (χ1) is 13.6. The summed E-state index contributed by atoms with van der Waals surface area (Å²) in [6.45, 7) is 6.89. The maximum absolute atomic E-state index is 5.86. The van der Waals surface area contributed by atoms with Crippen molar-refractivity contribution in [3.8, 4) is 11.5 Å². The third-order valence-corrected chi connectivity index (χ3v) is 4.77. The molecule has 3 aromatic rings.